The third kappa shape index (κ3) is 2.18. The molecule has 4 nitrogen and oxygen atoms in total. The van der Waals surface area contributed by atoms with Gasteiger partial charge >= 0.3 is 11.6 Å². The first-order chi connectivity index (χ1) is 8.40. The predicted octanol–water partition coefficient (Wildman–Crippen LogP) is 3.10. The van der Waals surface area contributed by atoms with Gasteiger partial charge < -0.3 is 9.15 Å². The van der Waals surface area contributed by atoms with Crippen molar-refractivity contribution in [3.05, 3.63) is 38.2 Å². The molecule has 0 bridgehead atoms. The number of halogens is 1. The van der Waals surface area contributed by atoms with Crippen LogP contribution in [0.4, 0.5) is 0 Å². The van der Waals surface area contributed by atoms with Gasteiger partial charge in [-0.15, -0.1) is 0 Å². The highest BCUT2D eigenvalue weighted by Crippen LogP contribution is 2.32. The second-order valence-corrected chi connectivity index (χ2v) is 4.85. The number of hydrogen-bond donors (Lipinski definition) is 0. The van der Waals surface area contributed by atoms with Gasteiger partial charge in [0.1, 0.15) is 15.8 Å². The lowest BCUT2D eigenvalue weighted by Gasteiger charge is -2.10. The molecule has 1 aromatic heterocycles. The molecule has 1 heterocycles. The Bertz CT molecular complexity index is 700. The number of carbonyl (C=O) groups is 1. The van der Waals surface area contributed by atoms with Gasteiger partial charge in [0.2, 0.25) is 0 Å². The minimum Gasteiger partial charge on any atom is -0.426 e. The van der Waals surface area contributed by atoms with Crippen LogP contribution < -0.4 is 10.4 Å². The minimum atomic E-state index is -0.445. The highest BCUT2D eigenvalue weighted by atomic mass is 79.9. The first-order valence-corrected chi connectivity index (χ1v) is 6.11. The Labute approximate surface area is 112 Å². The normalized spacial score (nSPS) is 10.7. The molecule has 1 aromatic carbocycles. The fourth-order valence-corrected chi connectivity index (χ4v) is 2.09. The van der Waals surface area contributed by atoms with E-state index < -0.39 is 11.6 Å². The van der Waals surface area contributed by atoms with Crippen molar-refractivity contribution in [2.75, 3.05) is 0 Å². The molecule has 5 heteroatoms. The third-order valence-electron chi connectivity index (χ3n) is 2.55. The fourth-order valence-electron chi connectivity index (χ4n) is 1.81. The summed E-state index contributed by atoms with van der Waals surface area (Å²) in [5.74, 6) is -0.0110. The van der Waals surface area contributed by atoms with Gasteiger partial charge in [-0.05, 0) is 53.0 Å². The van der Waals surface area contributed by atoms with E-state index in [4.69, 9.17) is 9.15 Å². The molecule has 2 aromatic rings. The van der Waals surface area contributed by atoms with Crippen LogP contribution in [0.2, 0.25) is 0 Å². The molecule has 0 saturated heterocycles. The molecule has 0 radical (unpaired) electrons. The Morgan fingerprint density at radius 3 is 2.61 bits per heavy atom. The van der Waals surface area contributed by atoms with Crippen molar-refractivity contribution in [1.29, 1.82) is 0 Å². The van der Waals surface area contributed by atoms with Gasteiger partial charge in [-0.25, -0.2) is 4.79 Å². The quantitative estimate of drug-likeness (QED) is 0.461. The zero-order valence-corrected chi connectivity index (χ0v) is 11.8. The zero-order valence-electron chi connectivity index (χ0n) is 10.2. The van der Waals surface area contributed by atoms with Crippen LogP contribution in [-0.4, -0.2) is 5.97 Å². The molecule has 0 aliphatic rings. The molecular weight excluding hydrogens is 300 g/mol. The maximum Gasteiger partial charge on any atom is 0.350 e. The monoisotopic (exact) mass is 310 g/mol. The summed E-state index contributed by atoms with van der Waals surface area (Å²) >= 11 is 3.17. The largest absolute Gasteiger partial charge is 0.426 e. The van der Waals surface area contributed by atoms with Crippen LogP contribution in [0, 0.1) is 13.8 Å². The van der Waals surface area contributed by atoms with Gasteiger partial charge in [0, 0.05) is 6.92 Å². The van der Waals surface area contributed by atoms with Gasteiger partial charge in [0.05, 0.1) is 5.39 Å². The molecule has 0 atom stereocenters. The summed E-state index contributed by atoms with van der Waals surface area (Å²) in [5.41, 5.74) is 1.51. The molecule has 18 heavy (non-hydrogen) atoms. The molecule has 0 fully saturated rings. The molecule has 0 unspecified atom stereocenters. The second-order valence-electron chi connectivity index (χ2n) is 4.06. The predicted molar refractivity (Wildman–Crippen MR) is 71.0 cm³/mol. The highest BCUT2D eigenvalue weighted by Gasteiger charge is 2.15. The van der Waals surface area contributed by atoms with Crippen molar-refractivity contribution >= 4 is 32.9 Å². The average molecular weight is 311 g/mol. The van der Waals surface area contributed by atoms with E-state index in [1.165, 1.54) is 6.92 Å². The van der Waals surface area contributed by atoms with Crippen molar-refractivity contribution in [3.63, 3.8) is 0 Å². The molecule has 0 amide bonds. The molecule has 0 aliphatic carbocycles. The van der Waals surface area contributed by atoms with Crippen molar-refractivity contribution in [2.45, 2.75) is 20.8 Å². The molecule has 0 aliphatic heterocycles. The number of benzene rings is 1. The van der Waals surface area contributed by atoms with Crippen LogP contribution in [0.3, 0.4) is 0 Å². The summed E-state index contributed by atoms with van der Waals surface area (Å²) in [6.07, 6.45) is 0. The lowest BCUT2D eigenvalue weighted by molar-refractivity contribution is -0.131. The third-order valence-corrected chi connectivity index (χ3v) is 3.47. The maximum absolute atomic E-state index is 11.6. The van der Waals surface area contributed by atoms with E-state index in [9.17, 15) is 9.59 Å². The van der Waals surface area contributed by atoms with Gasteiger partial charge in [0.25, 0.3) is 0 Å². The first-order valence-electron chi connectivity index (χ1n) is 5.32. The van der Waals surface area contributed by atoms with E-state index in [1.807, 2.05) is 6.92 Å². The lowest BCUT2D eigenvalue weighted by Crippen LogP contribution is -2.06. The van der Waals surface area contributed by atoms with Crippen molar-refractivity contribution in [2.24, 2.45) is 0 Å². The number of rotatable bonds is 1. The first kappa shape index (κ1) is 12.8. The van der Waals surface area contributed by atoms with E-state index in [-0.39, 0.29) is 0 Å². The van der Waals surface area contributed by atoms with Crippen LogP contribution in [0.5, 0.6) is 5.75 Å². The maximum atomic E-state index is 11.6. The van der Waals surface area contributed by atoms with E-state index in [0.717, 1.165) is 5.56 Å². The standard InChI is InChI=1S/C13H11BrO4/c1-6-4-9(17-8(3)15)11-7(2)12(14)13(16)18-10(11)5-6/h4-5H,1-3H3. The zero-order chi connectivity index (χ0) is 13.4. The number of hydrogen-bond acceptors (Lipinski definition) is 4. The second kappa shape index (κ2) is 4.57. The minimum absolute atomic E-state index is 0.340. The van der Waals surface area contributed by atoms with Crippen LogP contribution >= 0.6 is 15.9 Å². The SMILES string of the molecule is CC(=O)Oc1cc(C)cc2oc(=O)c(Br)c(C)c12. The van der Waals surface area contributed by atoms with Crippen LogP contribution in [0.1, 0.15) is 18.1 Å². The Hall–Kier alpha value is -1.62. The van der Waals surface area contributed by atoms with Crippen molar-refractivity contribution < 1.29 is 13.9 Å². The molecular formula is C13H11BrO4. The van der Waals surface area contributed by atoms with E-state index in [2.05, 4.69) is 15.9 Å². The summed E-state index contributed by atoms with van der Waals surface area (Å²) in [6, 6.07) is 3.48. The van der Waals surface area contributed by atoms with Gasteiger partial charge in [-0.2, -0.15) is 0 Å². The summed E-state index contributed by atoms with van der Waals surface area (Å²) in [4.78, 5) is 22.7. The molecule has 0 N–H and O–H groups in total. The van der Waals surface area contributed by atoms with E-state index in [1.54, 1.807) is 19.1 Å². The number of ether oxygens (including phenoxy) is 1. The Kier molecular flexibility index (Phi) is 3.26. The smallest absolute Gasteiger partial charge is 0.350 e. The summed E-state index contributed by atoms with van der Waals surface area (Å²) in [6.45, 7) is 4.94. The lowest BCUT2D eigenvalue weighted by atomic mass is 10.1. The van der Waals surface area contributed by atoms with Gasteiger partial charge in [-0.3, -0.25) is 4.79 Å². The Balaban J connectivity index is 2.89. The molecule has 0 saturated carbocycles. The van der Waals surface area contributed by atoms with Crippen LogP contribution in [0.25, 0.3) is 11.0 Å². The number of aryl methyl sites for hydroxylation is 2. The summed E-state index contributed by atoms with van der Waals surface area (Å²) in [7, 11) is 0. The van der Waals surface area contributed by atoms with Gasteiger partial charge in [-0.1, -0.05) is 0 Å². The summed E-state index contributed by atoms with van der Waals surface area (Å²) in [5, 5.41) is 0.627. The van der Waals surface area contributed by atoms with E-state index in [0.29, 0.717) is 26.8 Å². The average Bonchev–Trinajstić information content (AvgIpc) is 2.24. The molecule has 0 spiro atoms. The van der Waals surface area contributed by atoms with Crippen LogP contribution in [0.15, 0.2) is 25.8 Å². The fraction of sp³-hybridized carbons (Fsp3) is 0.231. The van der Waals surface area contributed by atoms with Crippen molar-refractivity contribution in [1.82, 2.24) is 0 Å². The van der Waals surface area contributed by atoms with Crippen molar-refractivity contribution in [3.8, 4) is 5.75 Å². The van der Waals surface area contributed by atoms with Gasteiger partial charge in [0.15, 0.2) is 0 Å². The molecule has 2 rings (SSSR count). The molecule has 94 valence electrons. The Morgan fingerprint density at radius 2 is 2.00 bits per heavy atom. The highest BCUT2D eigenvalue weighted by molar-refractivity contribution is 9.10. The van der Waals surface area contributed by atoms with E-state index >= 15 is 0 Å². The Morgan fingerprint density at radius 1 is 1.33 bits per heavy atom. The number of carbonyl (C=O) groups excluding carboxylic acids is 1. The topological polar surface area (TPSA) is 56.5 Å². The number of fused-ring (bicyclic) bond motifs is 1. The van der Waals surface area contributed by atoms with Crippen LogP contribution in [-0.2, 0) is 4.79 Å². The summed E-state index contributed by atoms with van der Waals surface area (Å²) < 4.78 is 10.7. The number of esters is 1.